The first-order valence-corrected chi connectivity index (χ1v) is 2.79. The summed E-state index contributed by atoms with van der Waals surface area (Å²) in [6.07, 6.45) is -2.15. The van der Waals surface area contributed by atoms with E-state index in [0.29, 0.717) is 0 Å². The van der Waals surface area contributed by atoms with Crippen LogP contribution in [0, 0.1) is 5.92 Å². The Morgan fingerprint density at radius 3 is 1.90 bits per heavy atom. The quantitative estimate of drug-likeness (QED) is 0.327. The fourth-order valence-corrected chi connectivity index (χ4v) is 1.07. The van der Waals surface area contributed by atoms with Gasteiger partial charge in [0.05, 0.1) is 0 Å². The highest BCUT2D eigenvalue weighted by Gasteiger charge is 2.57. The van der Waals surface area contributed by atoms with Crippen molar-refractivity contribution in [2.75, 3.05) is 0 Å². The molecule has 2 bridgehead atoms. The van der Waals surface area contributed by atoms with E-state index in [1.807, 2.05) is 0 Å². The molecule has 0 unspecified atom stereocenters. The van der Waals surface area contributed by atoms with Gasteiger partial charge in [0.25, 0.3) is 6.29 Å². The zero-order valence-electron chi connectivity index (χ0n) is 4.81. The van der Waals surface area contributed by atoms with Gasteiger partial charge in [-0.1, -0.05) is 0 Å². The van der Waals surface area contributed by atoms with Gasteiger partial charge in [-0.3, -0.25) is 9.59 Å². The molecule has 0 aromatic carbocycles. The number of hydrogen-bond donors (Lipinski definition) is 1. The third kappa shape index (κ3) is 0.458. The van der Waals surface area contributed by atoms with Gasteiger partial charge in [0.1, 0.15) is 0 Å². The highest BCUT2D eigenvalue weighted by Crippen LogP contribution is 2.31. The Balaban J connectivity index is 2.35. The number of ether oxygens (including phenoxy) is 2. The van der Waals surface area contributed by atoms with E-state index in [4.69, 9.17) is 5.11 Å². The molecule has 0 aromatic rings. The van der Waals surface area contributed by atoms with Gasteiger partial charge in [0.15, 0.2) is 12.0 Å². The van der Waals surface area contributed by atoms with Gasteiger partial charge in [-0.15, -0.1) is 0 Å². The van der Waals surface area contributed by atoms with E-state index in [2.05, 4.69) is 9.47 Å². The van der Waals surface area contributed by atoms with Crippen molar-refractivity contribution in [1.29, 1.82) is 0 Å². The van der Waals surface area contributed by atoms with Crippen LogP contribution in [0.2, 0.25) is 0 Å². The van der Waals surface area contributed by atoms with Gasteiger partial charge in [-0.2, -0.15) is 0 Å². The van der Waals surface area contributed by atoms with E-state index >= 15 is 0 Å². The van der Waals surface area contributed by atoms with Crippen molar-refractivity contribution in [2.45, 2.75) is 12.4 Å². The Kier molecular flexibility index (Phi) is 0.843. The number of hydrogen-bond acceptors (Lipinski definition) is 5. The Hall–Kier alpha value is -1.10. The molecule has 0 spiro atoms. The summed E-state index contributed by atoms with van der Waals surface area (Å²) in [5.41, 5.74) is 0. The summed E-state index contributed by atoms with van der Waals surface area (Å²) in [4.78, 5) is 21.1. The maximum atomic E-state index is 10.6. The summed E-state index contributed by atoms with van der Waals surface area (Å²) in [5.74, 6) is -2.47. The standard InChI is InChI=1S/C5H4O5/c6-2-1-3(7)9-5(2)10-4(1)8/h1-2,5-6H/t1?,2-,5?/m0/s1. The fourth-order valence-electron chi connectivity index (χ4n) is 1.07. The van der Waals surface area contributed by atoms with Crippen molar-refractivity contribution in [1.82, 2.24) is 0 Å². The topological polar surface area (TPSA) is 72.8 Å². The largest absolute Gasteiger partial charge is 0.421 e. The molecule has 2 aliphatic rings. The summed E-state index contributed by atoms with van der Waals surface area (Å²) in [5, 5.41) is 8.98. The van der Waals surface area contributed by atoms with E-state index in [1.165, 1.54) is 0 Å². The molecule has 2 fully saturated rings. The highest BCUT2D eigenvalue weighted by atomic mass is 16.7. The molecule has 0 amide bonds. The van der Waals surface area contributed by atoms with E-state index < -0.39 is 30.3 Å². The molecule has 2 heterocycles. The van der Waals surface area contributed by atoms with Crippen molar-refractivity contribution in [3.8, 4) is 0 Å². The molecular formula is C5H4O5. The van der Waals surface area contributed by atoms with Crippen LogP contribution >= 0.6 is 0 Å². The summed E-state index contributed by atoms with van der Waals surface area (Å²) in [6.45, 7) is 0. The summed E-state index contributed by atoms with van der Waals surface area (Å²) >= 11 is 0. The number of fused-ring (bicyclic) bond motifs is 2. The third-order valence-corrected chi connectivity index (χ3v) is 1.59. The lowest BCUT2D eigenvalue weighted by Crippen LogP contribution is -2.25. The second-order valence-corrected chi connectivity index (χ2v) is 2.21. The van der Waals surface area contributed by atoms with Gasteiger partial charge in [-0.05, 0) is 0 Å². The SMILES string of the molecule is O=C1OC2OC(=O)C1[C@@H]2O. The molecule has 0 aromatic heterocycles. The highest BCUT2D eigenvalue weighted by molar-refractivity contribution is 5.99. The minimum atomic E-state index is -1.10. The van der Waals surface area contributed by atoms with Crippen LogP contribution in [-0.4, -0.2) is 29.4 Å². The molecule has 54 valence electrons. The molecule has 0 radical (unpaired) electrons. The van der Waals surface area contributed by atoms with Crippen LogP contribution < -0.4 is 0 Å². The molecule has 5 heteroatoms. The van der Waals surface area contributed by atoms with Crippen molar-refractivity contribution in [3.05, 3.63) is 0 Å². The van der Waals surface area contributed by atoms with Crippen molar-refractivity contribution >= 4 is 11.9 Å². The molecule has 2 aliphatic heterocycles. The molecule has 2 rings (SSSR count). The number of rotatable bonds is 0. The van der Waals surface area contributed by atoms with E-state index in [9.17, 15) is 9.59 Å². The van der Waals surface area contributed by atoms with Crippen LogP contribution in [-0.2, 0) is 19.1 Å². The zero-order chi connectivity index (χ0) is 7.30. The van der Waals surface area contributed by atoms with Crippen molar-refractivity contribution in [3.63, 3.8) is 0 Å². The van der Waals surface area contributed by atoms with Gasteiger partial charge in [-0.25, -0.2) is 0 Å². The normalized spacial score (nSPS) is 43.5. The second kappa shape index (κ2) is 1.49. The summed E-state index contributed by atoms with van der Waals surface area (Å²) in [6, 6.07) is 0. The summed E-state index contributed by atoms with van der Waals surface area (Å²) < 4.78 is 8.82. The van der Waals surface area contributed by atoms with E-state index in [0.717, 1.165) is 0 Å². The predicted octanol–water partition coefficient (Wildman–Crippen LogP) is -1.60. The number of esters is 2. The molecule has 5 nitrogen and oxygen atoms in total. The third-order valence-electron chi connectivity index (χ3n) is 1.59. The Morgan fingerprint density at radius 1 is 1.20 bits per heavy atom. The Labute approximate surface area is 55.5 Å². The molecule has 1 atom stereocenters. The minimum Gasteiger partial charge on any atom is -0.421 e. The van der Waals surface area contributed by atoms with Gasteiger partial charge < -0.3 is 14.6 Å². The number of aliphatic hydroxyl groups is 1. The Morgan fingerprint density at radius 2 is 1.70 bits per heavy atom. The van der Waals surface area contributed by atoms with Crippen LogP contribution in [0.25, 0.3) is 0 Å². The lowest BCUT2D eigenvalue weighted by atomic mass is 10.1. The van der Waals surface area contributed by atoms with Crippen LogP contribution in [0.5, 0.6) is 0 Å². The van der Waals surface area contributed by atoms with Crippen LogP contribution in [0.15, 0.2) is 0 Å². The van der Waals surface area contributed by atoms with Crippen LogP contribution in [0.4, 0.5) is 0 Å². The molecule has 1 N–H and O–H groups in total. The first kappa shape index (κ1) is 5.67. The minimum absolute atomic E-state index is 0.686. The average molecular weight is 144 g/mol. The molecule has 0 saturated carbocycles. The maximum absolute atomic E-state index is 10.6. The predicted molar refractivity (Wildman–Crippen MR) is 25.5 cm³/mol. The van der Waals surface area contributed by atoms with E-state index in [1.54, 1.807) is 0 Å². The second-order valence-electron chi connectivity index (χ2n) is 2.21. The van der Waals surface area contributed by atoms with Gasteiger partial charge >= 0.3 is 11.9 Å². The first-order valence-electron chi connectivity index (χ1n) is 2.79. The van der Waals surface area contributed by atoms with Crippen LogP contribution in [0.3, 0.4) is 0 Å². The lowest BCUT2D eigenvalue weighted by molar-refractivity contribution is -0.188. The number of carbonyl (C=O) groups excluding carboxylic acids is 2. The number of aliphatic hydroxyl groups excluding tert-OH is 1. The zero-order valence-corrected chi connectivity index (χ0v) is 4.81. The average Bonchev–Trinajstić information content (AvgIpc) is 2.20. The molecule has 2 saturated heterocycles. The van der Waals surface area contributed by atoms with Gasteiger partial charge in [0.2, 0.25) is 0 Å². The molecule has 0 aliphatic carbocycles. The molecule has 10 heavy (non-hydrogen) atoms. The lowest BCUT2D eigenvalue weighted by Gasteiger charge is -2.08. The maximum Gasteiger partial charge on any atom is 0.326 e. The molecular weight excluding hydrogens is 140 g/mol. The monoisotopic (exact) mass is 144 g/mol. The Bertz CT molecular complexity index is 192. The number of carbonyl (C=O) groups is 2. The van der Waals surface area contributed by atoms with Crippen molar-refractivity contribution < 1.29 is 24.2 Å². The fraction of sp³-hybridized carbons (Fsp3) is 0.600. The van der Waals surface area contributed by atoms with Gasteiger partial charge in [0, 0.05) is 0 Å². The van der Waals surface area contributed by atoms with E-state index in [-0.39, 0.29) is 0 Å². The smallest absolute Gasteiger partial charge is 0.326 e. The summed E-state index contributed by atoms with van der Waals surface area (Å²) in [7, 11) is 0. The van der Waals surface area contributed by atoms with Crippen molar-refractivity contribution in [2.24, 2.45) is 5.92 Å². The first-order chi connectivity index (χ1) is 4.70. The van der Waals surface area contributed by atoms with Crippen LogP contribution in [0.1, 0.15) is 0 Å².